The van der Waals surface area contributed by atoms with Gasteiger partial charge >= 0.3 is 0 Å². The molecule has 2 aromatic rings. The van der Waals surface area contributed by atoms with E-state index in [0.29, 0.717) is 17.9 Å². The van der Waals surface area contributed by atoms with Crippen molar-refractivity contribution in [2.75, 3.05) is 13.1 Å². The molecule has 0 radical (unpaired) electrons. The van der Waals surface area contributed by atoms with Crippen LogP contribution in [0.3, 0.4) is 0 Å². The number of ether oxygens (including phenoxy) is 1. The molecule has 3 aliphatic heterocycles. The number of carbonyl (C=O) groups is 1. The minimum absolute atomic E-state index is 0.0439. The van der Waals surface area contributed by atoms with Gasteiger partial charge in [-0.05, 0) is 37.6 Å². The summed E-state index contributed by atoms with van der Waals surface area (Å²) in [4.78, 5) is 19.9. The highest BCUT2D eigenvalue weighted by atomic mass is 16.5. The Kier molecular flexibility index (Phi) is 4.13. The summed E-state index contributed by atoms with van der Waals surface area (Å²) < 4.78 is 6.07. The predicted octanol–water partition coefficient (Wildman–Crippen LogP) is 4.13. The predicted molar refractivity (Wildman–Crippen MR) is 105 cm³/mol. The molecule has 3 heterocycles. The molecule has 4 nitrogen and oxygen atoms in total. The van der Waals surface area contributed by atoms with E-state index in [2.05, 4.69) is 22.0 Å². The fourth-order valence-corrected chi connectivity index (χ4v) is 4.16. The van der Waals surface area contributed by atoms with Crippen molar-refractivity contribution in [3.63, 3.8) is 0 Å². The molecule has 0 N–H and O–H groups in total. The number of hydrogen-bond donors (Lipinski definition) is 0. The first-order valence-corrected chi connectivity index (χ1v) is 9.71. The summed E-state index contributed by atoms with van der Waals surface area (Å²) in [7, 11) is 0. The first-order valence-electron chi connectivity index (χ1n) is 9.71. The van der Waals surface area contributed by atoms with E-state index >= 15 is 0 Å². The van der Waals surface area contributed by atoms with Crippen LogP contribution in [0.4, 0.5) is 0 Å². The van der Waals surface area contributed by atoms with Crippen LogP contribution in [-0.4, -0.2) is 29.5 Å². The highest BCUT2D eigenvalue weighted by Crippen LogP contribution is 2.36. The zero-order valence-corrected chi connectivity index (χ0v) is 15.3. The number of rotatable bonds is 3. The van der Waals surface area contributed by atoms with E-state index in [-0.39, 0.29) is 5.78 Å². The number of nitrogens with zero attached hydrogens (tertiary/aromatic N) is 2. The molecule has 4 heteroatoms. The average Bonchev–Trinajstić information content (AvgIpc) is 3.26. The third-order valence-corrected chi connectivity index (χ3v) is 5.60. The molecule has 1 fully saturated rings. The number of aliphatic imine (C=N–C) groups is 1. The van der Waals surface area contributed by atoms with Crippen LogP contribution in [0.15, 0.2) is 59.3 Å². The second kappa shape index (κ2) is 6.78. The molecule has 0 atom stereocenters. The number of likely N-dealkylation sites (tertiary alicyclic amines) is 1. The number of Topliss-reactive ketones (excluding diaryl/α,β-unsaturated/α-hetero) is 1. The van der Waals surface area contributed by atoms with Gasteiger partial charge in [0.1, 0.15) is 5.75 Å². The number of benzene rings is 2. The maximum absolute atomic E-state index is 12.9. The Morgan fingerprint density at radius 3 is 2.70 bits per heavy atom. The van der Waals surface area contributed by atoms with E-state index in [1.165, 1.54) is 24.8 Å². The fraction of sp³-hybridized carbons (Fsp3) is 0.304. The van der Waals surface area contributed by atoms with Crippen molar-refractivity contribution in [3.8, 4) is 5.75 Å². The third kappa shape index (κ3) is 3.00. The van der Waals surface area contributed by atoms with Crippen molar-refractivity contribution in [1.29, 1.82) is 0 Å². The summed E-state index contributed by atoms with van der Waals surface area (Å²) in [6.07, 6.45) is 5.62. The molecular formula is C23H22N2O2. The van der Waals surface area contributed by atoms with Crippen molar-refractivity contribution in [2.45, 2.75) is 32.4 Å². The minimum Gasteiger partial charge on any atom is -0.452 e. The topological polar surface area (TPSA) is 41.9 Å². The van der Waals surface area contributed by atoms with Crippen LogP contribution in [0.5, 0.6) is 5.75 Å². The third-order valence-electron chi connectivity index (χ3n) is 5.60. The lowest BCUT2D eigenvalue weighted by atomic mass is 10.0. The van der Waals surface area contributed by atoms with Crippen molar-refractivity contribution in [2.24, 2.45) is 4.99 Å². The Hall–Kier alpha value is -2.72. The number of para-hydroxylation sites is 1. The lowest BCUT2D eigenvalue weighted by Crippen LogP contribution is -2.29. The van der Waals surface area contributed by atoms with Crippen molar-refractivity contribution in [3.05, 3.63) is 76.6 Å². The van der Waals surface area contributed by atoms with Gasteiger partial charge in [-0.15, -0.1) is 0 Å². The van der Waals surface area contributed by atoms with Crippen LogP contribution in [0, 0.1) is 0 Å². The second-order valence-corrected chi connectivity index (χ2v) is 7.43. The Labute approximate surface area is 159 Å². The molecule has 2 aromatic carbocycles. The normalized spacial score (nSPS) is 20.4. The lowest BCUT2D eigenvalue weighted by Gasteiger charge is -2.26. The van der Waals surface area contributed by atoms with Crippen LogP contribution in [0.1, 0.15) is 46.3 Å². The molecule has 0 aliphatic carbocycles. The number of carbonyl (C=O) groups excluding carboxylic acids is 1. The molecule has 5 rings (SSSR count). The molecule has 0 saturated carbocycles. The smallest absolute Gasteiger partial charge is 0.232 e. The molecule has 0 unspecified atom stereocenters. The molecule has 136 valence electrons. The largest absolute Gasteiger partial charge is 0.452 e. The minimum atomic E-state index is -0.0439. The second-order valence-electron chi connectivity index (χ2n) is 7.43. The van der Waals surface area contributed by atoms with Crippen molar-refractivity contribution in [1.82, 2.24) is 4.90 Å². The van der Waals surface area contributed by atoms with Crippen LogP contribution in [0.2, 0.25) is 0 Å². The number of hydrogen-bond acceptors (Lipinski definition) is 4. The van der Waals surface area contributed by atoms with Gasteiger partial charge in [0.25, 0.3) is 0 Å². The summed E-state index contributed by atoms with van der Waals surface area (Å²) in [6, 6.07) is 14.0. The molecule has 0 spiro atoms. The molecule has 0 amide bonds. The molecule has 0 bridgehead atoms. The van der Waals surface area contributed by atoms with Crippen molar-refractivity contribution >= 4 is 11.5 Å². The summed E-state index contributed by atoms with van der Waals surface area (Å²) in [5, 5.41) is 0. The number of fused-ring (bicyclic) bond motifs is 2. The van der Waals surface area contributed by atoms with Gasteiger partial charge in [0.15, 0.2) is 5.76 Å². The van der Waals surface area contributed by atoms with Gasteiger partial charge < -0.3 is 4.74 Å². The maximum Gasteiger partial charge on any atom is 0.232 e. The fourth-order valence-electron chi connectivity index (χ4n) is 4.16. The lowest BCUT2D eigenvalue weighted by molar-refractivity contribution is 0.101. The summed E-state index contributed by atoms with van der Waals surface area (Å²) in [5.41, 5.74) is 4.88. The Balaban J connectivity index is 1.43. The first-order chi connectivity index (χ1) is 13.3. The van der Waals surface area contributed by atoms with E-state index in [0.717, 1.165) is 42.2 Å². The standard InChI is InChI=1S/C23H22N2O2/c26-22-19-10-6-8-17(15-25-11-4-1-5-12-25)23(19)27-21(22)13-20-18-9-3-2-7-16(18)14-24-20/h2-3,6-10,13H,1,4-5,11-12,14-15H2/b21-13-. The number of piperidine rings is 1. The van der Waals surface area contributed by atoms with Crippen LogP contribution >= 0.6 is 0 Å². The van der Waals surface area contributed by atoms with Gasteiger partial charge in [-0.25, -0.2) is 0 Å². The van der Waals surface area contributed by atoms with Gasteiger partial charge in [-0.2, -0.15) is 0 Å². The number of ketones is 1. The Morgan fingerprint density at radius 1 is 1.00 bits per heavy atom. The van der Waals surface area contributed by atoms with Crippen LogP contribution in [-0.2, 0) is 13.1 Å². The van der Waals surface area contributed by atoms with Gasteiger partial charge in [0, 0.05) is 23.7 Å². The zero-order valence-electron chi connectivity index (χ0n) is 15.3. The summed E-state index contributed by atoms with van der Waals surface area (Å²) in [6.45, 7) is 3.74. The Bertz CT molecular complexity index is 968. The highest BCUT2D eigenvalue weighted by molar-refractivity contribution is 6.19. The molecule has 27 heavy (non-hydrogen) atoms. The molecular weight excluding hydrogens is 336 g/mol. The van der Waals surface area contributed by atoms with E-state index in [4.69, 9.17) is 4.74 Å². The summed E-state index contributed by atoms with van der Waals surface area (Å²) in [5.74, 6) is 1.07. The van der Waals surface area contributed by atoms with E-state index in [1.807, 2.05) is 30.3 Å². The van der Waals surface area contributed by atoms with E-state index in [1.54, 1.807) is 6.08 Å². The molecule has 0 aromatic heterocycles. The number of allylic oxidation sites excluding steroid dienone is 2. The van der Waals surface area contributed by atoms with Crippen LogP contribution < -0.4 is 4.74 Å². The molecule has 3 aliphatic rings. The van der Waals surface area contributed by atoms with Crippen molar-refractivity contribution < 1.29 is 9.53 Å². The Morgan fingerprint density at radius 2 is 1.81 bits per heavy atom. The maximum atomic E-state index is 12.9. The van der Waals surface area contributed by atoms with E-state index < -0.39 is 0 Å². The van der Waals surface area contributed by atoms with Gasteiger partial charge in [-0.3, -0.25) is 14.7 Å². The van der Waals surface area contributed by atoms with Gasteiger partial charge in [0.05, 0.1) is 17.8 Å². The quantitative estimate of drug-likeness (QED) is 0.775. The summed E-state index contributed by atoms with van der Waals surface area (Å²) >= 11 is 0. The van der Waals surface area contributed by atoms with Gasteiger partial charge in [0.2, 0.25) is 5.78 Å². The monoisotopic (exact) mass is 358 g/mol. The van der Waals surface area contributed by atoms with E-state index in [9.17, 15) is 4.79 Å². The van der Waals surface area contributed by atoms with Crippen LogP contribution in [0.25, 0.3) is 0 Å². The average molecular weight is 358 g/mol. The highest BCUT2D eigenvalue weighted by Gasteiger charge is 2.31. The zero-order chi connectivity index (χ0) is 18.2. The SMILES string of the molecule is O=C1/C(=C/C2=NCc3ccccc32)Oc2c(CN3CCCCC3)cccc21. The van der Waals surface area contributed by atoms with Gasteiger partial charge in [-0.1, -0.05) is 42.8 Å². The molecule has 1 saturated heterocycles. The first kappa shape index (κ1) is 16.5.